The number of anilines is 1. The Kier molecular flexibility index (Phi) is 6.78. The first-order valence-corrected chi connectivity index (χ1v) is 12.2. The summed E-state index contributed by atoms with van der Waals surface area (Å²) in [6, 6.07) is 11.0. The molecule has 33 heavy (non-hydrogen) atoms. The summed E-state index contributed by atoms with van der Waals surface area (Å²) in [5.41, 5.74) is 5.99. The molecule has 2 aromatic carbocycles. The second-order valence-corrected chi connectivity index (χ2v) is 9.94. The molecule has 7 nitrogen and oxygen atoms in total. The fourth-order valence-corrected chi connectivity index (χ4v) is 5.72. The average molecular weight is 467 g/mol. The number of quaternary nitrogens is 1. The van der Waals surface area contributed by atoms with Crippen LogP contribution < -0.4 is 10.2 Å². The van der Waals surface area contributed by atoms with Crippen molar-refractivity contribution in [3.8, 4) is 0 Å². The molecule has 1 aromatic heterocycles. The molecular formula is C25H32N5O2S+. The minimum Gasteiger partial charge on any atom is -0.481 e. The Balaban J connectivity index is 1.66. The van der Waals surface area contributed by atoms with Gasteiger partial charge in [0, 0.05) is 31.9 Å². The fraction of sp³-hybridized carbons (Fsp3) is 0.400. The minimum absolute atomic E-state index is 0.0324. The number of hydrogen-bond donors (Lipinski definition) is 3. The van der Waals surface area contributed by atoms with Crippen LogP contribution in [0.25, 0.3) is 10.2 Å². The summed E-state index contributed by atoms with van der Waals surface area (Å²) in [6.07, 6.45) is 1.47. The van der Waals surface area contributed by atoms with Gasteiger partial charge in [0.2, 0.25) is 0 Å². The number of carbonyl (C=O) groups is 1. The molecule has 0 amide bonds. The van der Waals surface area contributed by atoms with Crippen molar-refractivity contribution in [3.63, 3.8) is 0 Å². The van der Waals surface area contributed by atoms with E-state index in [9.17, 15) is 9.90 Å². The molecule has 0 saturated carbocycles. The largest absolute Gasteiger partial charge is 0.481 e. The number of aryl methyl sites for hydroxylation is 1. The van der Waals surface area contributed by atoms with Crippen molar-refractivity contribution in [2.24, 2.45) is 0 Å². The molecule has 2 heterocycles. The number of nitrogens with zero attached hydrogens (tertiary/aromatic N) is 3. The fourth-order valence-electron chi connectivity index (χ4n) is 4.67. The molecule has 3 aromatic rings. The topological polar surface area (TPSA) is 97.1 Å². The van der Waals surface area contributed by atoms with E-state index >= 15 is 0 Å². The highest BCUT2D eigenvalue weighted by Crippen LogP contribution is 2.35. The number of aliphatic carboxylic acids is 1. The Morgan fingerprint density at radius 1 is 1.33 bits per heavy atom. The summed E-state index contributed by atoms with van der Waals surface area (Å²) < 4.78 is 1.03. The van der Waals surface area contributed by atoms with Crippen LogP contribution in [0.1, 0.15) is 42.1 Å². The third-order valence-corrected chi connectivity index (χ3v) is 7.57. The maximum Gasteiger partial charge on any atom is 0.307 e. The maximum absolute atomic E-state index is 11.2. The quantitative estimate of drug-likeness (QED) is 0.367. The highest BCUT2D eigenvalue weighted by Gasteiger charge is 2.31. The van der Waals surface area contributed by atoms with Crippen molar-refractivity contribution in [3.05, 3.63) is 52.6 Å². The molecule has 8 heteroatoms. The van der Waals surface area contributed by atoms with Gasteiger partial charge in [-0.1, -0.05) is 17.4 Å². The molecule has 174 valence electrons. The Morgan fingerprint density at radius 3 is 2.79 bits per heavy atom. The lowest BCUT2D eigenvalue weighted by Crippen LogP contribution is -2.73. The van der Waals surface area contributed by atoms with Crippen LogP contribution in [0.2, 0.25) is 0 Å². The normalized spacial score (nSPS) is 17.1. The highest BCUT2D eigenvalue weighted by molar-refractivity contribution is 7.22. The third kappa shape index (κ3) is 4.78. The molecule has 1 aliphatic rings. The van der Waals surface area contributed by atoms with E-state index in [0.717, 1.165) is 57.4 Å². The number of rotatable bonds is 7. The van der Waals surface area contributed by atoms with Gasteiger partial charge < -0.3 is 20.7 Å². The van der Waals surface area contributed by atoms with Gasteiger partial charge in [-0.2, -0.15) is 0 Å². The zero-order valence-electron chi connectivity index (χ0n) is 19.6. The number of carboxylic acids is 1. The first-order chi connectivity index (χ1) is 15.8. The van der Waals surface area contributed by atoms with Gasteiger partial charge in [0.25, 0.3) is 0 Å². The number of piperazine rings is 1. The van der Waals surface area contributed by atoms with Gasteiger partial charge in [-0.05, 0) is 61.7 Å². The van der Waals surface area contributed by atoms with Gasteiger partial charge in [-0.25, -0.2) is 4.98 Å². The summed E-state index contributed by atoms with van der Waals surface area (Å²) in [5.74, 6) is -0.814. The van der Waals surface area contributed by atoms with Crippen LogP contribution in [0.5, 0.6) is 0 Å². The molecular weight excluding hydrogens is 434 g/mol. The molecule has 4 rings (SSSR count). The maximum atomic E-state index is 11.2. The number of hydrogen-bond acceptors (Lipinski definition) is 6. The molecule has 0 spiro atoms. The van der Waals surface area contributed by atoms with Crippen molar-refractivity contribution in [2.75, 3.05) is 31.6 Å². The highest BCUT2D eigenvalue weighted by atomic mass is 32.1. The van der Waals surface area contributed by atoms with Crippen LogP contribution in [0.3, 0.4) is 0 Å². The number of thiazole rings is 1. The van der Waals surface area contributed by atoms with Crippen LogP contribution >= 0.6 is 11.3 Å². The minimum atomic E-state index is -0.814. The van der Waals surface area contributed by atoms with E-state index in [1.54, 1.807) is 11.3 Å². The first kappa shape index (κ1) is 23.4. The van der Waals surface area contributed by atoms with E-state index in [-0.39, 0.29) is 12.5 Å². The predicted molar refractivity (Wildman–Crippen MR) is 134 cm³/mol. The standard InChI is InChI=1S/C25H31N5O2S/c1-15(2)30-8-7-29(14-22(30)17-5-6-20(27-4)19(10-17)13-26)25-28-21-9-16(3)18(12-24(31)32)11-23(21)33-25/h5-6,9-11,13,15,22,26-27H,7-8,12,14H2,1-4H3,(H,31,32)/p+1. The van der Waals surface area contributed by atoms with E-state index in [0.29, 0.717) is 6.04 Å². The molecule has 1 atom stereocenters. The van der Waals surface area contributed by atoms with Crippen LogP contribution in [0.4, 0.5) is 10.8 Å². The van der Waals surface area contributed by atoms with E-state index in [1.165, 1.54) is 11.8 Å². The van der Waals surface area contributed by atoms with Crippen molar-refractivity contribution in [1.29, 1.82) is 5.41 Å². The number of aromatic nitrogens is 1. The van der Waals surface area contributed by atoms with Gasteiger partial charge in [0.1, 0.15) is 5.69 Å². The second kappa shape index (κ2) is 9.59. The van der Waals surface area contributed by atoms with Gasteiger partial charge in [-0.15, -0.1) is 0 Å². The number of nitrogens with one attached hydrogen (secondary N) is 1. The summed E-state index contributed by atoms with van der Waals surface area (Å²) in [5, 5.41) is 20.1. The second-order valence-electron chi connectivity index (χ2n) is 8.93. The summed E-state index contributed by atoms with van der Waals surface area (Å²) in [4.78, 5) is 21.0. The molecule has 0 aliphatic carbocycles. The van der Waals surface area contributed by atoms with Gasteiger partial charge >= 0.3 is 5.97 Å². The molecule has 1 aliphatic heterocycles. The molecule has 1 fully saturated rings. The zero-order valence-corrected chi connectivity index (χ0v) is 20.4. The lowest BCUT2D eigenvalue weighted by molar-refractivity contribution is -0.539. The molecule has 1 saturated heterocycles. The number of nitrogens with two attached hydrogens (primary N) is 1. The van der Waals surface area contributed by atoms with E-state index in [1.807, 2.05) is 31.4 Å². The van der Waals surface area contributed by atoms with E-state index in [4.69, 9.17) is 10.4 Å². The molecule has 0 bridgehead atoms. The molecule has 0 radical (unpaired) electrons. The number of benzene rings is 2. The van der Waals surface area contributed by atoms with Gasteiger partial charge in [-0.3, -0.25) is 9.69 Å². The Bertz CT molecular complexity index is 1190. The van der Waals surface area contributed by atoms with Crippen molar-refractivity contribution < 1.29 is 15.2 Å². The monoisotopic (exact) mass is 466 g/mol. The summed E-state index contributed by atoms with van der Waals surface area (Å²) in [7, 11) is 2.00. The smallest absolute Gasteiger partial charge is 0.307 e. The Morgan fingerprint density at radius 2 is 2.12 bits per heavy atom. The SMILES string of the molecule is C[NH2+]c1ccc(C2CN(c3nc4cc(C)c(CC(=O)O)cc4s3)CCN2C(C)C)cc1C=N. The summed E-state index contributed by atoms with van der Waals surface area (Å²) in [6.45, 7) is 9.08. The molecule has 1 unspecified atom stereocenters. The average Bonchev–Trinajstić information content (AvgIpc) is 3.20. The zero-order chi connectivity index (χ0) is 23.7. The predicted octanol–water partition coefficient (Wildman–Crippen LogP) is 3.33. The van der Waals surface area contributed by atoms with Crippen LogP contribution in [0.15, 0.2) is 30.3 Å². The lowest BCUT2D eigenvalue weighted by atomic mass is 9.98. The van der Waals surface area contributed by atoms with Crippen LogP contribution in [-0.4, -0.2) is 59.9 Å². The van der Waals surface area contributed by atoms with Crippen molar-refractivity contribution in [2.45, 2.75) is 39.3 Å². The Labute approximate surface area is 198 Å². The van der Waals surface area contributed by atoms with Crippen molar-refractivity contribution >= 4 is 44.6 Å². The van der Waals surface area contributed by atoms with Gasteiger partial charge in [0.15, 0.2) is 5.13 Å². The van der Waals surface area contributed by atoms with E-state index in [2.05, 4.69) is 41.8 Å². The van der Waals surface area contributed by atoms with Crippen LogP contribution in [0, 0.1) is 12.3 Å². The number of carboxylic acid groups (broad SMARTS) is 1. The molecule has 4 N–H and O–H groups in total. The Hall–Kier alpha value is -2.81. The van der Waals surface area contributed by atoms with Gasteiger partial charge in [0.05, 0.1) is 35.3 Å². The number of fused-ring (bicyclic) bond motifs is 1. The third-order valence-electron chi connectivity index (χ3n) is 6.49. The van der Waals surface area contributed by atoms with E-state index < -0.39 is 5.97 Å². The lowest BCUT2D eigenvalue weighted by Gasteiger charge is -2.43. The van der Waals surface area contributed by atoms with Crippen molar-refractivity contribution in [1.82, 2.24) is 9.88 Å². The summed E-state index contributed by atoms with van der Waals surface area (Å²) >= 11 is 1.64. The van der Waals surface area contributed by atoms with Crippen LogP contribution in [-0.2, 0) is 11.2 Å². The first-order valence-electron chi connectivity index (χ1n) is 11.4.